The molecule has 1 heterocycles. The first kappa shape index (κ1) is 28.4. The Hall–Kier alpha value is -4.60. The summed E-state index contributed by atoms with van der Waals surface area (Å²) in [6, 6.07) is 24.9. The highest BCUT2D eigenvalue weighted by molar-refractivity contribution is 5.79. The normalized spacial score (nSPS) is 14.4. The van der Waals surface area contributed by atoms with Crippen molar-refractivity contribution in [2.75, 3.05) is 38.2 Å². The number of methoxy groups -OCH3 is 1. The Morgan fingerprint density at radius 3 is 2.23 bits per heavy atom. The lowest BCUT2D eigenvalue weighted by Crippen LogP contribution is -2.49. The number of carbonyl (C=O) groups is 2. The molecule has 0 radical (unpaired) electrons. The van der Waals surface area contributed by atoms with Crippen LogP contribution in [-0.2, 0) is 22.6 Å². The Morgan fingerprint density at radius 2 is 1.62 bits per heavy atom. The van der Waals surface area contributed by atoms with E-state index in [4.69, 9.17) is 4.74 Å². The predicted molar refractivity (Wildman–Crippen MR) is 151 cm³/mol. The Bertz CT molecular complexity index is 1260. The molecule has 0 atom stereocenters. The summed E-state index contributed by atoms with van der Waals surface area (Å²) in [5, 5.41) is 9.57. The smallest absolute Gasteiger partial charge is 0.299 e. The van der Waals surface area contributed by atoms with Gasteiger partial charge in [-0.15, -0.1) is 10.1 Å². The van der Waals surface area contributed by atoms with Crippen LogP contribution in [-0.4, -0.2) is 66.5 Å². The molecule has 1 aliphatic carbocycles. The van der Waals surface area contributed by atoms with E-state index in [-0.39, 0.29) is 18.1 Å². The number of hydrogen-bond donors (Lipinski definition) is 0. The number of piperazine rings is 1. The van der Waals surface area contributed by atoms with Crippen molar-refractivity contribution < 1.29 is 24.3 Å². The zero-order valence-corrected chi connectivity index (χ0v) is 22.6. The summed E-state index contributed by atoms with van der Waals surface area (Å²) in [6.45, 7) is 3.53. The van der Waals surface area contributed by atoms with Gasteiger partial charge in [0.2, 0.25) is 12.3 Å². The average Bonchev–Trinajstić information content (AvgIpc) is 3.82. The van der Waals surface area contributed by atoms with Crippen LogP contribution in [0.2, 0.25) is 0 Å². The molecular weight excluding hydrogens is 512 g/mol. The van der Waals surface area contributed by atoms with Gasteiger partial charge in [-0.3, -0.25) is 14.4 Å². The number of ether oxygens (including phenoxy) is 1. The van der Waals surface area contributed by atoms with Crippen molar-refractivity contribution in [3.63, 3.8) is 0 Å². The molecule has 1 saturated carbocycles. The van der Waals surface area contributed by atoms with Gasteiger partial charge >= 0.3 is 0 Å². The summed E-state index contributed by atoms with van der Waals surface area (Å²) in [4.78, 5) is 44.1. The van der Waals surface area contributed by atoms with Crippen LogP contribution in [0.4, 0.5) is 5.69 Å². The van der Waals surface area contributed by atoms with Crippen LogP contribution in [0.1, 0.15) is 24.0 Å². The molecule has 3 aromatic rings. The first-order valence-corrected chi connectivity index (χ1v) is 13.3. The third-order valence-electron chi connectivity index (χ3n) is 6.86. The first-order chi connectivity index (χ1) is 19.4. The molecule has 0 spiro atoms. The molecule has 0 aromatic heterocycles. The second-order valence-electron chi connectivity index (χ2n) is 9.70. The molecular formula is C30H34N4O6. The maximum Gasteiger partial charge on any atom is 0.299 e. The topological polar surface area (TPSA) is 105 Å². The van der Waals surface area contributed by atoms with Crippen LogP contribution < -0.4 is 14.5 Å². The largest absolute Gasteiger partial charge is 0.497 e. The number of carbonyl (C=O) groups excluding carboxylic acids is 2. The van der Waals surface area contributed by atoms with Gasteiger partial charge in [0.25, 0.3) is 5.09 Å². The molecule has 10 nitrogen and oxygen atoms in total. The van der Waals surface area contributed by atoms with Gasteiger partial charge in [-0.1, -0.05) is 42.5 Å². The summed E-state index contributed by atoms with van der Waals surface area (Å²) in [5.41, 5.74) is 3.01. The molecule has 0 unspecified atom stereocenters. The van der Waals surface area contributed by atoms with E-state index in [9.17, 15) is 19.7 Å². The molecule has 0 N–H and O–H groups in total. The fraction of sp³-hybridized carbons (Fsp3) is 0.333. The summed E-state index contributed by atoms with van der Waals surface area (Å²) in [6.07, 6.45) is 3.50. The number of benzene rings is 3. The Morgan fingerprint density at radius 1 is 0.950 bits per heavy atom. The highest BCUT2D eigenvalue weighted by Gasteiger charge is 2.27. The van der Waals surface area contributed by atoms with E-state index >= 15 is 0 Å². The van der Waals surface area contributed by atoms with Crippen molar-refractivity contribution in [2.45, 2.75) is 31.8 Å². The second kappa shape index (κ2) is 14.0. The van der Waals surface area contributed by atoms with Crippen LogP contribution in [0.5, 0.6) is 11.5 Å². The number of nitrogens with zero attached hydrogens (tertiary/aromatic N) is 4. The molecule has 5 rings (SSSR count). The number of hydrogen-bond acceptors (Lipinski definition) is 7. The number of rotatable bonds is 10. The zero-order valence-electron chi connectivity index (χ0n) is 22.6. The van der Waals surface area contributed by atoms with Crippen molar-refractivity contribution in [2.24, 2.45) is 0 Å². The zero-order chi connectivity index (χ0) is 28.3. The Labute approximate surface area is 233 Å². The van der Waals surface area contributed by atoms with Gasteiger partial charge in [0, 0.05) is 44.5 Å². The summed E-state index contributed by atoms with van der Waals surface area (Å²) in [5.74, 6) is 0.938. The Kier molecular flexibility index (Phi) is 9.93. The van der Waals surface area contributed by atoms with E-state index in [0.717, 1.165) is 37.5 Å². The minimum absolute atomic E-state index is 0.00244. The lowest BCUT2D eigenvalue weighted by atomic mass is 10.1. The standard InChI is InChI=1S/C19H21N3O5.C11H13NO/c1-26-17-7-5-16(6-8-17)20-9-11-21(12-10-20)19(23)14-15-3-2-4-18(13-15)27-22(24)25;13-9-12(11-6-7-11)8-10-4-2-1-3-5-10/h2-8,13H,9-12,14H2,1H3;1-5,9,11H,6-8H2. The number of anilines is 1. The third-order valence-corrected chi connectivity index (χ3v) is 6.86. The summed E-state index contributed by atoms with van der Waals surface area (Å²) >= 11 is 0. The lowest BCUT2D eigenvalue weighted by Gasteiger charge is -2.36. The van der Waals surface area contributed by atoms with Crippen LogP contribution >= 0.6 is 0 Å². The van der Waals surface area contributed by atoms with Crippen molar-refractivity contribution in [3.05, 3.63) is 100 Å². The second-order valence-corrected chi connectivity index (χ2v) is 9.70. The van der Waals surface area contributed by atoms with E-state index in [2.05, 4.69) is 21.9 Å². The Balaban J connectivity index is 0.000000236. The van der Waals surface area contributed by atoms with Crippen LogP contribution in [0.15, 0.2) is 78.9 Å². The van der Waals surface area contributed by atoms with E-state index in [1.54, 1.807) is 19.2 Å². The molecule has 2 amide bonds. The van der Waals surface area contributed by atoms with Gasteiger partial charge in [0.15, 0.2) is 0 Å². The minimum Gasteiger partial charge on any atom is -0.497 e. The highest BCUT2D eigenvalue weighted by atomic mass is 17.0. The maximum absolute atomic E-state index is 12.5. The van der Waals surface area contributed by atoms with E-state index in [1.807, 2.05) is 52.3 Å². The van der Waals surface area contributed by atoms with E-state index in [1.165, 1.54) is 30.5 Å². The van der Waals surface area contributed by atoms with Gasteiger partial charge in [-0.25, -0.2) is 0 Å². The van der Waals surface area contributed by atoms with Gasteiger partial charge in [-0.05, 0) is 60.4 Å². The highest BCUT2D eigenvalue weighted by Crippen LogP contribution is 2.26. The monoisotopic (exact) mass is 546 g/mol. The van der Waals surface area contributed by atoms with Crippen LogP contribution in [0.25, 0.3) is 0 Å². The maximum atomic E-state index is 12.5. The van der Waals surface area contributed by atoms with Crippen molar-refractivity contribution in [1.29, 1.82) is 0 Å². The molecule has 3 aromatic carbocycles. The third kappa shape index (κ3) is 8.45. The molecule has 40 heavy (non-hydrogen) atoms. The van der Waals surface area contributed by atoms with Crippen molar-refractivity contribution >= 4 is 18.0 Å². The van der Waals surface area contributed by atoms with Crippen LogP contribution in [0, 0.1) is 10.1 Å². The molecule has 0 bridgehead atoms. The molecule has 210 valence electrons. The predicted octanol–water partition coefficient (Wildman–Crippen LogP) is 3.96. The molecule has 1 aliphatic heterocycles. The van der Waals surface area contributed by atoms with Crippen molar-refractivity contribution in [1.82, 2.24) is 9.80 Å². The number of amides is 2. The van der Waals surface area contributed by atoms with E-state index in [0.29, 0.717) is 24.7 Å². The molecule has 2 aliphatic rings. The summed E-state index contributed by atoms with van der Waals surface area (Å²) < 4.78 is 5.17. The SMILES string of the molecule is COc1ccc(N2CCN(C(=O)Cc3cccc(O[N+](=O)[O-])c3)CC2)cc1.O=CN(Cc1ccccc1)C1CC1. The minimum atomic E-state index is -0.862. The fourth-order valence-corrected chi connectivity index (χ4v) is 4.54. The molecule has 2 fully saturated rings. The van der Waals surface area contributed by atoms with Gasteiger partial charge in [-0.2, -0.15) is 0 Å². The first-order valence-electron chi connectivity index (χ1n) is 13.3. The van der Waals surface area contributed by atoms with Gasteiger partial charge in [0.1, 0.15) is 11.5 Å². The van der Waals surface area contributed by atoms with Gasteiger partial charge < -0.3 is 19.4 Å². The lowest BCUT2D eigenvalue weighted by molar-refractivity contribution is -0.711. The van der Waals surface area contributed by atoms with Crippen molar-refractivity contribution in [3.8, 4) is 11.5 Å². The molecule has 10 heteroatoms. The fourth-order valence-electron chi connectivity index (χ4n) is 4.54. The summed E-state index contributed by atoms with van der Waals surface area (Å²) in [7, 11) is 1.64. The van der Waals surface area contributed by atoms with Gasteiger partial charge in [0.05, 0.1) is 13.5 Å². The molecule has 1 saturated heterocycles. The quantitative estimate of drug-likeness (QED) is 0.215. The average molecular weight is 547 g/mol. The van der Waals surface area contributed by atoms with Crippen LogP contribution in [0.3, 0.4) is 0 Å². The van der Waals surface area contributed by atoms with E-state index < -0.39 is 5.09 Å².